The van der Waals surface area contributed by atoms with Gasteiger partial charge in [0.2, 0.25) is 0 Å². The summed E-state index contributed by atoms with van der Waals surface area (Å²) >= 11 is 0. The Morgan fingerprint density at radius 3 is 2.79 bits per heavy atom. The van der Waals surface area contributed by atoms with Crippen LogP contribution in [0.4, 0.5) is 11.4 Å². The number of rotatable bonds is 7. The molecule has 2 aromatic carbocycles. The molecule has 0 unspecified atom stereocenters. The molecule has 142 valence electrons. The van der Waals surface area contributed by atoms with Crippen LogP contribution in [0.5, 0.6) is 5.75 Å². The third-order valence-electron chi connectivity index (χ3n) is 4.01. The highest BCUT2D eigenvalue weighted by Crippen LogP contribution is 2.19. The van der Waals surface area contributed by atoms with Crippen molar-refractivity contribution in [2.24, 2.45) is 4.99 Å². The van der Waals surface area contributed by atoms with E-state index in [1.807, 2.05) is 73.5 Å². The van der Waals surface area contributed by atoms with E-state index in [4.69, 9.17) is 4.74 Å². The molecule has 0 saturated carbocycles. The van der Waals surface area contributed by atoms with Crippen molar-refractivity contribution >= 4 is 34.4 Å². The second-order valence-electron chi connectivity index (χ2n) is 6.13. The van der Waals surface area contributed by atoms with Crippen molar-refractivity contribution in [1.29, 1.82) is 0 Å². The van der Waals surface area contributed by atoms with E-state index in [0.29, 0.717) is 5.75 Å². The van der Waals surface area contributed by atoms with Crippen LogP contribution in [0.15, 0.2) is 78.2 Å². The van der Waals surface area contributed by atoms with Gasteiger partial charge < -0.3 is 15.0 Å². The van der Waals surface area contributed by atoms with Crippen LogP contribution in [0, 0.1) is 0 Å². The van der Waals surface area contributed by atoms with Crippen molar-refractivity contribution in [2.45, 2.75) is 6.92 Å². The number of fused-ring (bicyclic) bond motifs is 1. The van der Waals surface area contributed by atoms with E-state index in [1.165, 1.54) is 0 Å². The zero-order valence-electron chi connectivity index (χ0n) is 15.9. The number of hydrogen-bond acceptors (Lipinski definition) is 4. The quantitative estimate of drug-likeness (QED) is 0.496. The molecular weight excluding hydrogens is 352 g/mol. The zero-order chi connectivity index (χ0) is 19.8. The van der Waals surface area contributed by atoms with Gasteiger partial charge in [0.1, 0.15) is 5.75 Å². The molecular formula is C22H22N4O2. The smallest absolute Gasteiger partial charge is 0.262 e. The summed E-state index contributed by atoms with van der Waals surface area (Å²) in [6, 6.07) is 15.1. The highest BCUT2D eigenvalue weighted by molar-refractivity contribution is 5.95. The minimum absolute atomic E-state index is 0.0632. The Hall–Kier alpha value is -3.67. The van der Waals surface area contributed by atoms with E-state index >= 15 is 0 Å². The number of aromatic nitrogens is 1. The molecule has 1 heterocycles. The van der Waals surface area contributed by atoms with Gasteiger partial charge in [-0.2, -0.15) is 0 Å². The number of aliphatic imine (C=N–C) groups is 1. The summed E-state index contributed by atoms with van der Waals surface area (Å²) in [4.78, 5) is 22.3. The molecule has 0 aliphatic carbocycles. The first kappa shape index (κ1) is 19.1. The van der Waals surface area contributed by atoms with Crippen molar-refractivity contribution in [1.82, 2.24) is 4.98 Å². The number of pyridine rings is 1. The van der Waals surface area contributed by atoms with E-state index in [2.05, 4.69) is 15.3 Å². The molecule has 0 fully saturated rings. The molecule has 1 amide bonds. The topological polar surface area (TPSA) is 66.8 Å². The minimum Gasteiger partial charge on any atom is -0.484 e. The molecule has 0 spiro atoms. The zero-order valence-corrected chi connectivity index (χ0v) is 15.9. The lowest BCUT2D eigenvalue weighted by atomic mass is 10.1. The number of anilines is 2. The molecule has 3 aromatic rings. The van der Waals surface area contributed by atoms with Gasteiger partial charge in [0.25, 0.3) is 5.91 Å². The highest BCUT2D eigenvalue weighted by Gasteiger charge is 2.05. The number of ether oxygens (including phenoxy) is 1. The summed E-state index contributed by atoms with van der Waals surface area (Å²) in [5.41, 5.74) is 1.69. The first-order valence-electron chi connectivity index (χ1n) is 8.89. The summed E-state index contributed by atoms with van der Waals surface area (Å²) in [7, 11) is 1.91. The first-order valence-corrected chi connectivity index (χ1v) is 8.89. The van der Waals surface area contributed by atoms with Gasteiger partial charge in [-0.1, -0.05) is 12.1 Å². The van der Waals surface area contributed by atoms with Crippen molar-refractivity contribution in [3.8, 4) is 5.75 Å². The standard InChI is InChI=1S/C22H22N4O2/c1-3-11-24-16-26(2)20-6-8-21(9-7-20)28-15-22(27)25-19-5-4-18-14-23-12-10-17(18)13-19/h3-14,16H,15H2,1-2H3,(H,25,27)/b11-3-,24-16-. The molecule has 0 atom stereocenters. The molecule has 0 aliphatic rings. The van der Waals surface area contributed by atoms with Gasteiger partial charge in [-0.15, -0.1) is 0 Å². The summed E-state index contributed by atoms with van der Waals surface area (Å²) < 4.78 is 5.58. The number of allylic oxidation sites excluding steroid dienone is 1. The third kappa shape index (κ3) is 5.17. The van der Waals surface area contributed by atoms with Crippen LogP contribution in [-0.2, 0) is 4.79 Å². The molecule has 6 heteroatoms. The van der Waals surface area contributed by atoms with Crippen LogP contribution in [0.3, 0.4) is 0 Å². The summed E-state index contributed by atoms with van der Waals surface area (Å²) in [5, 5.41) is 4.89. The van der Waals surface area contributed by atoms with Crippen LogP contribution >= 0.6 is 0 Å². The predicted molar refractivity (Wildman–Crippen MR) is 114 cm³/mol. The van der Waals surface area contributed by atoms with Gasteiger partial charge in [-0.25, -0.2) is 4.99 Å². The normalized spacial score (nSPS) is 11.2. The summed E-state index contributed by atoms with van der Waals surface area (Å²) in [6.45, 7) is 1.85. The summed E-state index contributed by atoms with van der Waals surface area (Å²) in [6.07, 6.45) is 8.82. The summed E-state index contributed by atoms with van der Waals surface area (Å²) in [5.74, 6) is 0.412. The van der Waals surface area contributed by atoms with Crippen LogP contribution in [-0.4, -0.2) is 30.9 Å². The second kappa shape index (κ2) is 9.32. The molecule has 0 saturated heterocycles. The Morgan fingerprint density at radius 1 is 1.18 bits per heavy atom. The van der Waals surface area contributed by atoms with Crippen molar-refractivity contribution < 1.29 is 9.53 Å². The van der Waals surface area contributed by atoms with Gasteiger partial charge in [-0.05, 0) is 54.8 Å². The minimum atomic E-state index is -0.215. The molecule has 0 radical (unpaired) electrons. The average molecular weight is 374 g/mol. The van der Waals surface area contributed by atoms with Gasteiger partial charge in [0.05, 0.1) is 6.34 Å². The van der Waals surface area contributed by atoms with Crippen molar-refractivity contribution in [3.05, 3.63) is 73.2 Å². The largest absolute Gasteiger partial charge is 0.484 e. The Labute approximate surface area is 164 Å². The number of nitrogens with zero attached hydrogens (tertiary/aromatic N) is 3. The van der Waals surface area contributed by atoms with Gasteiger partial charge in [0.15, 0.2) is 6.61 Å². The maximum absolute atomic E-state index is 12.2. The Morgan fingerprint density at radius 2 is 2.00 bits per heavy atom. The van der Waals surface area contributed by atoms with E-state index < -0.39 is 0 Å². The van der Waals surface area contributed by atoms with Gasteiger partial charge in [-0.3, -0.25) is 9.78 Å². The molecule has 1 aromatic heterocycles. The monoisotopic (exact) mass is 374 g/mol. The maximum atomic E-state index is 12.2. The lowest BCUT2D eigenvalue weighted by Crippen LogP contribution is -2.20. The molecule has 6 nitrogen and oxygen atoms in total. The highest BCUT2D eigenvalue weighted by atomic mass is 16.5. The van der Waals surface area contributed by atoms with Crippen molar-refractivity contribution in [3.63, 3.8) is 0 Å². The van der Waals surface area contributed by atoms with Crippen LogP contribution in [0.2, 0.25) is 0 Å². The van der Waals surface area contributed by atoms with E-state index in [-0.39, 0.29) is 12.5 Å². The van der Waals surface area contributed by atoms with E-state index in [9.17, 15) is 4.79 Å². The fraction of sp³-hybridized carbons (Fsp3) is 0.136. The van der Waals surface area contributed by atoms with Crippen molar-refractivity contribution in [2.75, 3.05) is 23.9 Å². The maximum Gasteiger partial charge on any atom is 0.262 e. The average Bonchev–Trinajstić information content (AvgIpc) is 2.72. The lowest BCUT2D eigenvalue weighted by molar-refractivity contribution is -0.118. The molecule has 28 heavy (non-hydrogen) atoms. The second-order valence-corrected chi connectivity index (χ2v) is 6.13. The van der Waals surface area contributed by atoms with Gasteiger partial charge >= 0.3 is 0 Å². The lowest BCUT2D eigenvalue weighted by Gasteiger charge is -2.13. The van der Waals surface area contributed by atoms with E-state index in [1.54, 1.807) is 24.9 Å². The Kier molecular flexibility index (Phi) is 6.36. The number of nitrogens with one attached hydrogen (secondary N) is 1. The fourth-order valence-corrected chi connectivity index (χ4v) is 2.58. The Balaban J connectivity index is 1.53. The number of amides is 1. The number of hydrogen-bond donors (Lipinski definition) is 1. The molecule has 0 aliphatic heterocycles. The third-order valence-corrected chi connectivity index (χ3v) is 4.01. The van der Waals surface area contributed by atoms with Crippen LogP contribution < -0.4 is 15.0 Å². The molecule has 1 N–H and O–H groups in total. The van der Waals surface area contributed by atoms with Gasteiger partial charge in [0, 0.05) is 42.4 Å². The van der Waals surface area contributed by atoms with Crippen LogP contribution in [0.25, 0.3) is 10.8 Å². The van der Waals surface area contributed by atoms with E-state index in [0.717, 1.165) is 22.1 Å². The fourth-order valence-electron chi connectivity index (χ4n) is 2.58. The first-order chi connectivity index (χ1) is 13.7. The predicted octanol–water partition coefficient (Wildman–Crippen LogP) is 4.25. The number of benzene rings is 2. The van der Waals surface area contributed by atoms with Crippen LogP contribution in [0.1, 0.15) is 6.92 Å². The Bertz CT molecular complexity index is 997. The number of carbonyl (C=O) groups excluding carboxylic acids is 1. The molecule has 3 rings (SSSR count). The SMILES string of the molecule is C/C=C\N=C/N(C)c1ccc(OCC(=O)Nc2ccc3cnccc3c2)cc1. The molecule has 0 bridgehead atoms. The number of carbonyl (C=O) groups is 1.